The smallest absolute Gasteiger partial charge is 0.251 e. The maximum absolute atomic E-state index is 12.2. The molecule has 1 aromatic heterocycles. The molecule has 1 aromatic carbocycles. The van der Waals surface area contributed by atoms with Gasteiger partial charge in [-0.05, 0) is 30.7 Å². The average molecular weight is 285 g/mol. The van der Waals surface area contributed by atoms with E-state index in [4.69, 9.17) is 4.42 Å². The first-order chi connectivity index (χ1) is 10.0. The third-order valence-corrected chi connectivity index (χ3v) is 3.70. The predicted molar refractivity (Wildman–Crippen MR) is 82.3 cm³/mol. The normalized spacial score (nSPS) is 14.4. The van der Waals surface area contributed by atoms with Crippen LogP contribution in [0.2, 0.25) is 0 Å². The molecule has 1 aliphatic rings. The number of carbonyl (C=O) groups excluding carboxylic acids is 1. The third-order valence-electron chi connectivity index (χ3n) is 3.70. The number of fused-ring (bicyclic) bond motifs is 1. The Hall–Kier alpha value is -2.14. The van der Waals surface area contributed by atoms with Gasteiger partial charge in [0.25, 0.3) is 5.91 Å². The Balaban J connectivity index is 1.82. The van der Waals surface area contributed by atoms with Crippen molar-refractivity contribution in [2.75, 3.05) is 18.4 Å². The lowest BCUT2D eigenvalue weighted by molar-refractivity contribution is -0.112. The van der Waals surface area contributed by atoms with Crippen molar-refractivity contribution in [1.82, 2.24) is 10.3 Å². The number of amides is 1. The number of hydrogen-bond donors (Lipinski definition) is 2. The summed E-state index contributed by atoms with van der Waals surface area (Å²) in [6.07, 6.45) is 0. The van der Waals surface area contributed by atoms with Gasteiger partial charge in [0.05, 0.1) is 0 Å². The van der Waals surface area contributed by atoms with E-state index in [1.165, 1.54) is 0 Å². The first-order valence-electron chi connectivity index (χ1n) is 7.16. The Bertz CT molecular complexity index is 722. The van der Waals surface area contributed by atoms with Crippen molar-refractivity contribution in [3.8, 4) is 0 Å². The second-order valence-electron chi connectivity index (χ2n) is 5.68. The second-order valence-corrected chi connectivity index (χ2v) is 5.68. The number of nitrogens with zero attached hydrogens (tertiary/aromatic N) is 1. The quantitative estimate of drug-likeness (QED) is 0.851. The van der Waals surface area contributed by atoms with Gasteiger partial charge in [-0.1, -0.05) is 13.8 Å². The molecule has 5 nitrogen and oxygen atoms in total. The molecule has 0 saturated carbocycles. The fraction of sp³-hybridized carbons (Fsp3) is 0.375. The summed E-state index contributed by atoms with van der Waals surface area (Å²) in [6.45, 7) is 7.54. The number of benzene rings is 1. The number of aromatic nitrogens is 1. The molecule has 0 spiro atoms. The van der Waals surface area contributed by atoms with Crippen molar-refractivity contribution < 1.29 is 9.21 Å². The molecule has 0 bridgehead atoms. The molecule has 2 aromatic rings. The number of nitrogens with one attached hydrogen (secondary N) is 2. The van der Waals surface area contributed by atoms with Gasteiger partial charge in [0, 0.05) is 30.3 Å². The van der Waals surface area contributed by atoms with Gasteiger partial charge in [0.2, 0.25) is 0 Å². The van der Waals surface area contributed by atoms with Crippen LogP contribution in [0.5, 0.6) is 0 Å². The summed E-state index contributed by atoms with van der Waals surface area (Å²) < 4.78 is 5.66. The number of carbonyl (C=O) groups is 1. The summed E-state index contributed by atoms with van der Waals surface area (Å²) in [5.41, 5.74) is 4.21. The minimum Gasteiger partial charge on any atom is -0.440 e. The molecule has 1 fully saturated rings. The van der Waals surface area contributed by atoms with E-state index in [0.29, 0.717) is 5.89 Å². The summed E-state index contributed by atoms with van der Waals surface area (Å²) in [4.78, 5) is 16.6. The van der Waals surface area contributed by atoms with E-state index >= 15 is 0 Å². The molecule has 1 amide bonds. The first-order valence-corrected chi connectivity index (χ1v) is 7.16. The molecule has 3 rings (SSSR count). The lowest BCUT2D eigenvalue weighted by Crippen LogP contribution is -2.36. The molecule has 110 valence electrons. The van der Waals surface area contributed by atoms with Gasteiger partial charge in [-0.3, -0.25) is 4.79 Å². The van der Waals surface area contributed by atoms with Crippen molar-refractivity contribution in [1.29, 1.82) is 0 Å². The highest BCUT2D eigenvalue weighted by Gasteiger charge is 2.16. The van der Waals surface area contributed by atoms with Gasteiger partial charge in [0.15, 0.2) is 11.5 Å². The van der Waals surface area contributed by atoms with Crippen molar-refractivity contribution >= 4 is 22.7 Å². The summed E-state index contributed by atoms with van der Waals surface area (Å²) in [5.74, 6) is 0.902. The van der Waals surface area contributed by atoms with Gasteiger partial charge in [0.1, 0.15) is 5.52 Å². The van der Waals surface area contributed by atoms with Gasteiger partial charge in [-0.2, -0.15) is 0 Å². The zero-order valence-corrected chi connectivity index (χ0v) is 12.5. The standard InChI is InChI=1S/C16H19N3O2/c1-9(2)16-19-13-6-12(4-5-14(13)21-16)18-15(20)10(3)11-7-17-8-11/h4-6,9,17H,7-8H2,1-3H3,(H,18,20). The molecular weight excluding hydrogens is 266 g/mol. The van der Waals surface area contributed by atoms with E-state index in [1.807, 2.05) is 39.0 Å². The summed E-state index contributed by atoms with van der Waals surface area (Å²) >= 11 is 0. The molecule has 1 saturated heterocycles. The van der Waals surface area contributed by atoms with E-state index in [2.05, 4.69) is 15.6 Å². The maximum atomic E-state index is 12.2. The molecule has 0 atom stereocenters. The van der Waals surface area contributed by atoms with Gasteiger partial charge >= 0.3 is 0 Å². The Labute approximate surface area is 123 Å². The van der Waals surface area contributed by atoms with Crippen LogP contribution in [-0.2, 0) is 4.79 Å². The van der Waals surface area contributed by atoms with Crippen molar-refractivity contribution in [3.05, 3.63) is 35.2 Å². The number of anilines is 1. The minimum absolute atomic E-state index is 0.0570. The van der Waals surface area contributed by atoms with Crippen LogP contribution in [0, 0.1) is 0 Å². The van der Waals surface area contributed by atoms with E-state index in [9.17, 15) is 4.79 Å². The van der Waals surface area contributed by atoms with Crippen molar-refractivity contribution in [2.24, 2.45) is 0 Å². The Morgan fingerprint density at radius 3 is 2.76 bits per heavy atom. The van der Waals surface area contributed by atoms with Gasteiger partial charge < -0.3 is 15.1 Å². The van der Waals surface area contributed by atoms with Crippen LogP contribution in [0.3, 0.4) is 0 Å². The SMILES string of the molecule is CC(C(=O)Nc1ccc2oc(C(C)C)nc2c1)=C1CNC1. The molecule has 0 radical (unpaired) electrons. The van der Waals surface area contributed by atoms with Gasteiger partial charge in [-0.15, -0.1) is 0 Å². The number of oxazole rings is 1. The highest BCUT2D eigenvalue weighted by atomic mass is 16.3. The topological polar surface area (TPSA) is 67.2 Å². The first kappa shape index (κ1) is 13.8. The van der Waals surface area contributed by atoms with E-state index in [-0.39, 0.29) is 11.8 Å². The van der Waals surface area contributed by atoms with Gasteiger partial charge in [-0.25, -0.2) is 4.98 Å². The molecule has 2 heterocycles. The third kappa shape index (κ3) is 2.69. The fourth-order valence-electron chi connectivity index (χ4n) is 2.17. The van der Waals surface area contributed by atoms with Crippen LogP contribution >= 0.6 is 0 Å². The molecule has 1 aliphatic heterocycles. The van der Waals surface area contributed by atoms with Crippen LogP contribution in [-0.4, -0.2) is 24.0 Å². The van der Waals surface area contributed by atoms with Crippen molar-refractivity contribution in [3.63, 3.8) is 0 Å². The molecule has 0 aliphatic carbocycles. The van der Waals surface area contributed by atoms with E-state index < -0.39 is 0 Å². The molecule has 5 heteroatoms. The summed E-state index contributed by atoms with van der Waals surface area (Å²) in [6, 6.07) is 5.53. The molecular formula is C16H19N3O2. The highest BCUT2D eigenvalue weighted by molar-refractivity contribution is 6.04. The second kappa shape index (κ2) is 5.33. The van der Waals surface area contributed by atoms with Crippen LogP contribution in [0.4, 0.5) is 5.69 Å². The van der Waals surface area contributed by atoms with Crippen molar-refractivity contribution in [2.45, 2.75) is 26.7 Å². The lowest BCUT2D eigenvalue weighted by atomic mass is 10.0. The molecule has 0 unspecified atom stereocenters. The summed E-state index contributed by atoms with van der Waals surface area (Å²) in [5, 5.41) is 6.05. The minimum atomic E-state index is -0.0570. The largest absolute Gasteiger partial charge is 0.440 e. The highest BCUT2D eigenvalue weighted by Crippen LogP contribution is 2.24. The average Bonchev–Trinajstić information content (AvgIpc) is 2.79. The number of rotatable bonds is 3. The number of hydrogen-bond acceptors (Lipinski definition) is 4. The van der Waals surface area contributed by atoms with Crippen LogP contribution < -0.4 is 10.6 Å². The lowest BCUT2D eigenvalue weighted by Gasteiger charge is -2.21. The fourth-order valence-corrected chi connectivity index (χ4v) is 2.17. The van der Waals surface area contributed by atoms with Crippen LogP contribution in [0.15, 0.2) is 33.8 Å². The predicted octanol–water partition coefficient (Wildman–Crippen LogP) is 2.81. The monoisotopic (exact) mass is 285 g/mol. The Kier molecular flexibility index (Phi) is 3.51. The molecule has 21 heavy (non-hydrogen) atoms. The maximum Gasteiger partial charge on any atom is 0.251 e. The van der Waals surface area contributed by atoms with E-state index in [1.54, 1.807) is 0 Å². The summed E-state index contributed by atoms with van der Waals surface area (Å²) in [7, 11) is 0. The Morgan fingerprint density at radius 1 is 1.38 bits per heavy atom. The molecule has 2 N–H and O–H groups in total. The zero-order valence-electron chi connectivity index (χ0n) is 12.5. The van der Waals surface area contributed by atoms with E-state index in [0.717, 1.165) is 41.0 Å². The Morgan fingerprint density at radius 2 is 2.14 bits per heavy atom. The van der Waals surface area contributed by atoms with Crippen LogP contribution in [0.25, 0.3) is 11.1 Å². The zero-order chi connectivity index (χ0) is 15.0. The van der Waals surface area contributed by atoms with Crippen LogP contribution in [0.1, 0.15) is 32.6 Å².